The number of halogens is 7. The second-order valence-electron chi connectivity index (χ2n) is 7.08. The van der Waals surface area contributed by atoms with Crippen LogP contribution in [0.1, 0.15) is 16.9 Å². The van der Waals surface area contributed by atoms with E-state index >= 15 is 0 Å². The second kappa shape index (κ2) is 8.26. The highest BCUT2D eigenvalue weighted by atomic mass is 35.5. The molecule has 0 unspecified atom stereocenters. The molecule has 0 saturated carbocycles. The van der Waals surface area contributed by atoms with Crippen LogP contribution in [0.15, 0.2) is 87.4 Å². The van der Waals surface area contributed by atoms with E-state index in [1.807, 2.05) is 0 Å². The van der Waals surface area contributed by atoms with Gasteiger partial charge in [0.2, 0.25) is 0 Å². The number of hydrogen-bond donors (Lipinski definition) is 0. The van der Waals surface area contributed by atoms with Crippen molar-refractivity contribution in [2.75, 3.05) is 0 Å². The predicted octanol–water partition coefficient (Wildman–Crippen LogP) is 6.46. The summed E-state index contributed by atoms with van der Waals surface area (Å²) in [4.78, 5) is 7.59. The topological polar surface area (TPSA) is 41.1 Å². The Morgan fingerprint density at radius 3 is 1.79 bits per heavy atom. The van der Waals surface area contributed by atoms with Gasteiger partial charge in [0.15, 0.2) is 0 Å². The molecule has 0 fully saturated rings. The second-order valence-corrected chi connectivity index (χ2v) is 7.51. The Kier molecular flexibility index (Phi) is 5.73. The Labute approximate surface area is 188 Å². The summed E-state index contributed by atoms with van der Waals surface area (Å²) >= 11 is 5.88. The molecule has 0 saturated heterocycles. The van der Waals surface area contributed by atoms with Gasteiger partial charge in [0, 0.05) is 16.1 Å². The van der Waals surface area contributed by atoms with Crippen LogP contribution in [0.4, 0.5) is 26.3 Å². The molecule has 0 amide bonds. The zero-order valence-corrected chi connectivity index (χ0v) is 17.3. The summed E-state index contributed by atoms with van der Waals surface area (Å²) in [6.45, 7) is -0.214. The van der Waals surface area contributed by atoms with E-state index in [1.54, 1.807) is 12.1 Å². The van der Waals surface area contributed by atoms with Crippen LogP contribution in [-0.2, 0) is 6.54 Å². The first-order valence-electron chi connectivity index (χ1n) is 9.46. The molecule has 0 N–H and O–H groups in total. The third kappa shape index (κ3) is 4.22. The third-order valence-corrected chi connectivity index (χ3v) is 5.12. The van der Waals surface area contributed by atoms with E-state index in [4.69, 9.17) is 16.0 Å². The van der Waals surface area contributed by atoms with Gasteiger partial charge in [-0.2, -0.15) is 26.3 Å². The first-order chi connectivity index (χ1) is 15.5. The normalized spacial score (nSPS) is 16.4. The van der Waals surface area contributed by atoms with Crippen LogP contribution >= 0.6 is 11.6 Å². The van der Waals surface area contributed by atoms with Crippen molar-refractivity contribution in [1.82, 2.24) is 4.90 Å². The van der Waals surface area contributed by atoms with E-state index < -0.39 is 29.7 Å². The summed E-state index contributed by atoms with van der Waals surface area (Å²) in [7, 11) is 0. The predicted molar refractivity (Wildman–Crippen MR) is 110 cm³/mol. The largest absolute Gasteiger partial charge is 0.467 e. The van der Waals surface area contributed by atoms with Crippen molar-refractivity contribution in [3.8, 4) is 0 Å². The fraction of sp³-hybridized carbons (Fsp3) is 0.182. The fourth-order valence-electron chi connectivity index (χ4n) is 3.30. The SMILES string of the molecule is FC(F)(F)C1(C(F)(F)F)N=C(c2ccccc2)N(Cc2ccco2)C(c2ccc(Cl)cc2)=N1. The highest BCUT2D eigenvalue weighted by Gasteiger charge is 2.74. The summed E-state index contributed by atoms with van der Waals surface area (Å²) < 4.78 is 89.6. The van der Waals surface area contributed by atoms with Crippen LogP contribution in [0.3, 0.4) is 0 Å². The molecule has 1 aromatic heterocycles. The maximum Gasteiger partial charge on any atom is 0.443 e. The molecule has 1 aliphatic rings. The fourth-order valence-corrected chi connectivity index (χ4v) is 3.43. The number of nitrogens with zero attached hydrogens (tertiary/aromatic N) is 3. The summed E-state index contributed by atoms with van der Waals surface area (Å²) in [6, 6.07) is 15.7. The van der Waals surface area contributed by atoms with Crippen LogP contribution in [0.5, 0.6) is 0 Å². The molecule has 0 atom stereocenters. The quantitative estimate of drug-likeness (QED) is 0.398. The summed E-state index contributed by atoms with van der Waals surface area (Å²) in [5, 5.41) is 0.252. The minimum Gasteiger partial charge on any atom is -0.467 e. The van der Waals surface area contributed by atoms with E-state index in [1.165, 1.54) is 60.9 Å². The monoisotopic (exact) mass is 485 g/mol. The van der Waals surface area contributed by atoms with Gasteiger partial charge in [-0.25, -0.2) is 9.98 Å². The molecule has 2 aromatic carbocycles. The zero-order chi connectivity index (χ0) is 23.9. The Balaban J connectivity index is 2.02. The van der Waals surface area contributed by atoms with Gasteiger partial charge < -0.3 is 9.32 Å². The molecular formula is C22H14ClF6N3O. The Bertz CT molecular complexity index is 1160. The maximum atomic E-state index is 14.0. The van der Waals surface area contributed by atoms with Crippen LogP contribution in [-0.4, -0.2) is 34.6 Å². The number of alkyl halides is 6. The maximum absolute atomic E-state index is 14.0. The van der Waals surface area contributed by atoms with Crippen LogP contribution < -0.4 is 0 Å². The molecule has 4 rings (SSSR count). The molecule has 0 bridgehead atoms. The molecule has 1 aliphatic heterocycles. The van der Waals surface area contributed by atoms with E-state index in [2.05, 4.69) is 9.98 Å². The lowest BCUT2D eigenvalue weighted by Crippen LogP contribution is -2.59. The number of hydrogen-bond acceptors (Lipinski definition) is 4. The van der Waals surface area contributed by atoms with Crippen LogP contribution in [0.2, 0.25) is 5.02 Å². The van der Waals surface area contributed by atoms with Gasteiger partial charge in [-0.1, -0.05) is 41.9 Å². The Morgan fingerprint density at radius 2 is 1.30 bits per heavy atom. The number of amidine groups is 2. The molecule has 172 valence electrons. The van der Waals surface area contributed by atoms with Gasteiger partial charge in [0.05, 0.1) is 12.8 Å². The number of benzene rings is 2. The van der Waals surface area contributed by atoms with E-state index in [0.29, 0.717) is 0 Å². The third-order valence-electron chi connectivity index (χ3n) is 4.87. The molecule has 4 nitrogen and oxygen atoms in total. The zero-order valence-electron chi connectivity index (χ0n) is 16.5. The molecule has 0 aliphatic carbocycles. The molecule has 3 aromatic rings. The highest BCUT2D eigenvalue weighted by Crippen LogP contribution is 2.49. The van der Waals surface area contributed by atoms with Crippen molar-refractivity contribution >= 4 is 23.3 Å². The lowest BCUT2D eigenvalue weighted by atomic mass is 10.0. The Morgan fingerprint density at radius 1 is 0.758 bits per heavy atom. The number of rotatable bonds is 4. The van der Waals surface area contributed by atoms with Crippen molar-refractivity contribution in [2.24, 2.45) is 9.98 Å². The average Bonchev–Trinajstić information content (AvgIpc) is 3.27. The summed E-state index contributed by atoms with van der Waals surface area (Å²) in [5.41, 5.74) is -4.66. The van der Waals surface area contributed by atoms with Crippen molar-refractivity contribution in [3.05, 3.63) is 94.9 Å². The highest BCUT2D eigenvalue weighted by molar-refractivity contribution is 6.30. The molecule has 33 heavy (non-hydrogen) atoms. The first kappa shape index (κ1) is 22.9. The van der Waals surface area contributed by atoms with E-state index in [-0.39, 0.29) is 28.5 Å². The molecule has 11 heteroatoms. The van der Waals surface area contributed by atoms with Crippen LogP contribution in [0.25, 0.3) is 0 Å². The molecular weight excluding hydrogens is 472 g/mol. The van der Waals surface area contributed by atoms with Crippen molar-refractivity contribution < 1.29 is 30.8 Å². The lowest BCUT2D eigenvalue weighted by molar-refractivity contribution is -0.293. The standard InChI is InChI=1S/C22H14ClF6N3O/c23-16-10-8-15(9-11-16)19-31-20(21(24,25)26,22(27,28)29)30-18(14-5-2-1-3-6-14)32(19)13-17-7-4-12-33-17/h1-12H,13H2. The summed E-state index contributed by atoms with van der Waals surface area (Å²) in [5.74, 6) is -0.847. The van der Waals surface area contributed by atoms with Crippen molar-refractivity contribution in [3.63, 3.8) is 0 Å². The number of furan rings is 1. The average molecular weight is 486 g/mol. The van der Waals surface area contributed by atoms with Gasteiger partial charge in [0.25, 0.3) is 0 Å². The molecule has 2 heterocycles. The van der Waals surface area contributed by atoms with E-state index in [9.17, 15) is 26.3 Å². The van der Waals surface area contributed by atoms with E-state index in [0.717, 1.165) is 4.90 Å². The van der Waals surface area contributed by atoms with Crippen LogP contribution in [0, 0.1) is 0 Å². The van der Waals surface area contributed by atoms with Gasteiger partial charge in [-0.15, -0.1) is 0 Å². The van der Waals surface area contributed by atoms with Gasteiger partial charge in [0.1, 0.15) is 17.4 Å². The molecule has 0 spiro atoms. The van der Waals surface area contributed by atoms with Gasteiger partial charge in [-0.05, 0) is 36.4 Å². The first-order valence-corrected chi connectivity index (χ1v) is 9.84. The molecule has 0 radical (unpaired) electrons. The minimum atomic E-state index is -5.86. The van der Waals surface area contributed by atoms with Gasteiger partial charge in [-0.3, -0.25) is 0 Å². The van der Waals surface area contributed by atoms with Crippen molar-refractivity contribution in [1.29, 1.82) is 0 Å². The lowest BCUT2D eigenvalue weighted by Gasteiger charge is -2.39. The summed E-state index contributed by atoms with van der Waals surface area (Å²) in [6.07, 6.45) is -10.4. The minimum absolute atomic E-state index is 0.00726. The smallest absolute Gasteiger partial charge is 0.443 e. The Hall–Kier alpha value is -3.27. The van der Waals surface area contributed by atoms with Crippen molar-refractivity contribution in [2.45, 2.75) is 24.6 Å². The number of aliphatic imine (C=N–C) groups is 2. The van der Waals surface area contributed by atoms with Gasteiger partial charge >= 0.3 is 18.0 Å².